The predicted molar refractivity (Wildman–Crippen MR) is 283 cm³/mol. The summed E-state index contributed by atoms with van der Waals surface area (Å²) in [5, 5.41) is 81.5. The summed E-state index contributed by atoms with van der Waals surface area (Å²) < 4.78 is 23.5. The lowest BCUT2D eigenvalue weighted by Gasteiger charge is -2.42. The van der Waals surface area contributed by atoms with E-state index < -0.39 is 91.9 Å². The van der Waals surface area contributed by atoms with E-state index in [1.54, 1.807) is 6.92 Å². The first-order valence-electron chi connectivity index (χ1n) is 28.0. The highest BCUT2D eigenvalue weighted by Gasteiger charge is 2.47. The Bertz CT molecular complexity index is 1790. The van der Waals surface area contributed by atoms with Crippen LogP contribution in [0.2, 0.25) is 0 Å². The minimum Gasteiger partial charge on any atom is -0.394 e. The van der Waals surface area contributed by atoms with E-state index >= 15 is 0 Å². The number of carbonyl (C=O) groups excluding carboxylic acids is 7. The Balaban J connectivity index is 2.20. The first-order chi connectivity index (χ1) is 36.6. The van der Waals surface area contributed by atoms with Crippen LogP contribution in [0.1, 0.15) is 152 Å². The summed E-state index contributed by atoms with van der Waals surface area (Å²) in [4.78, 5) is 90.3. The largest absolute Gasteiger partial charge is 0.394 e. The van der Waals surface area contributed by atoms with Gasteiger partial charge < -0.3 is 86.8 Å². The fourth-order valence-electron chi connectivity index (χ4n) is 9.69. The molecule has 24 nitrogen and oxygen atoms in total. The van der Waals surface area contributed by atoms with E-state index in [1.165, 1.54) is 13.8 Å². The molecule has 24 heteroatoms. The number of hydrogen-bond donors (Lipinski definition) is 13. The van der Waals surface area contributed by atoms with Gasteiger partial charge in [-0.15, -0.1) is 0 Å². The van der Waals surface area contributed by atoms with Crippen molar-refractivity contribution < 1.29 is 83.1 Å². The Kier molecular flexibility index (Phi) is 33.1. The molecule has 2 rings (SSSR count). The minimum absolute atomic E-state index is 0.00183. The van der Waals surface area contributed by atoms with Gasteiger partial charge in [0.05, 0.1) is 26.4 Å². The molecule has 2 aliphatic rings. The molecule has 15 atom stereocenters. The number of nitrogens with one attached hydrogen (secondary N) is 7. The number of aliphatic hydroxyl groups excluding tert-OH is 6. The summed E-state index contributed by atoms with van der Waals surface area (Å²) in [6, 6.07) is -2.16. The normalized spacial score (nSPS) is 25.7. The van der Waals surface area contributed by atoms with Gasteiger partial charge in [-0.25, -0.2) is 0 Å². The first-order valence-corrected chi connectivity index (χ1v) is 28.0. The zero-order valence-electron chi connectivity index (χ0n) is 47.0. The smallest absolute Gasteiger partial charge is 0.220 e. The molecule has 0 aromatic rings. The molecular formula is C53H97N7O17. The van der Waals surface area contributed by atoms with Gasteiger partial charge >= 0.3 is 0 Å². The topological polar surface area (TPSA) is 362 Å². The van der Waals surface area contributed by atoms with Gasteiger partial charge in [0.1, 0.15) is 48.7 Å². The second-order valence-corrected chi connectivity index (χ2v) is 21.0. The molecule has 2 aliphatic heterocycles. The van der Waals surface area contributed by atoms with E-state index in [0.29, 0.717) is 58.3 Å². The molecule has 0 aromatic carbocycles. The van der Waals surface area contributed by atoms with Crippen molar-refractivity contribution in [2.45, 2.75) is 219 Å². The number of ether oxygens (including phenoxy) is 4. The quantitative estimate of drug-likeness (QED) is 0.0376. The molecule has 2 saturated heterocycles. The van der Waals surface area contributed by atoms with Gasteiger partial charge in [0.15, 0.2) is 12.6 Å². The van der Waals surface area contributed by atoms with Crippen molar-refractivity contribution in [1.82, 2.24) is 37.2 Å². The van der Waals surface area contributed by atoms with E-state index in [0.717, 1.165) is 6.42 Å². The average Bonchev–Trinajstić information content (AvgIpc) is 3.39. The van der Waals surface area contributed by atoms with Crippen molar-refractivity contribution in [3.63, 3.8) is 0 Å². The lowest BCUT2D eigenvalue weighted by molar-refractivity contribution is -0.273. The molecule has 13 N–H and O–H groups in total. The van der Waals surface area contributed by atoms with Gasteiger partial charge in [0, 0.05) is 77.7 Å². The van der Waals surface area contributed by atoms with Crippen LogP contribution in [0.15, 0.2) is 0 Å². The van der Waals surface area contributed by atoms with Gasteiger partial charge in [0.25, 0.3) is 0 Å². The van der Waals surface area contributed by atoms with Crippen LogP contribution < -0.4 is 37.2 Å². The molecular weight excluding hydrogens is 1010 g/mol. The Morgan fingerprint density at radius 2 is 0.974 bits per heavy atom. The maximum Gasteiger partial charge on any atom is 0.220 e. The average molecular weight is 1100 g/mol. The molecule has 0 radical (unpaired) electrons. The molecule has 446 valence electrons. The summed E-state index contributed by atoms with van der Waals surface area (Å²) in [7, 11) is 0. The summed E-state index contributed by atoms with van der Waals surface area (Å²) in [5.74, 6) is -2.50. The number of rotatable bonds is 38. The number of aliphatic hydroxyl groups is 6. The molecule has 15 unspecified atom stereocenters. The SMILES string of the molecule is CCCNC(=O)CCCC(=O)NC(CCC(=O)NCC)(CCC(=O)NCC(CC)CC(C)COC1OC(CO)C(O)C(O)C1NC(C)=O)CCC(=O)NCC(CC)CC(CC)COC1OC(CO)C(O)C(O)C1NC(C)=O. The third-order valence-corrected chi connectivity index (χ3v) is 14.5. The van der Waals surface area contributed by atoms with Gasteiger partial charge in [-0.2, -0.15) is 0 Å². The van der Waals surface area contributed by atoms with Crippen molar-refractivity contribution in [2.24, 2.45) is 23.7 Å². The van der Waals surface area contributed by atoms with Crippen molar-refractivity contribution in [1.29, 1.82) is 0 Å². The lowest BCUT2D eigenvalue weighted by atomic mass is 9.82. The lowest BCUT2D eigenvalue weighted by Crippen LogP contribution is -2.64. The second-order valence-electron chi connectivity index (χ2n) is 21.0. The Morgan fingerprint density at radius 3 is 1.40 bits per heavy atom. The van der Waals surface area contributed by atoms with Crippen molar-refractivity contribution >= 4 is 41.4 Å². The summed E-state index contributed by atoms with van der Waals surface area (Å²) in [6.45, 7) is 14.8. The fraction of sp³-hybridized carbons (Fsp3) is 0.868. The van der Waals surface area contributed by atoms with Crippen LogP contribution >= 0.6 is 0 Å². The molecule has 2 heterocycles. The zero-order chi connectivity index (χ0) is 57.7. The highest BCUT2D eigenvalue weighted by molar-refractivity contribution is 5.81. The van der Waals surface area contributed by atoms with Crippen LogP contribution in [0.4, 0.5) is 0 Å². The Hall–Kier alpha value is -4.11. The highest BCUT2D eigenvalue weighted by atomic mass is 16.7. The highest BCUT2D eigenvalue weighted by Crippen LogP contribution is 2.29. The van der Waals surface area contributed by atoms with Crippen LogP contribution in [-0.4, -0.2) is 191 Å². The maximum absolute atomic E-state index is 13.8. The molecule has 0 saturated carbocycles. The van der Waals surface area contributed by atoms with Crippen molar-refractivity contribution in [3.8, 4) is 0 Å². The first kappa shape index (κ1) is 69.0. The van der Waals surface area contributed by atoms with E-state index in [4.69, 9.17) is 18.9 Å². The van der Waals surface area contributed by atoms with E-state index in [-0.39, 0.29) is 124 Å². The monoisotopic (exact) mass is 1100 g/mol. The molecule has 0 aromatic heterocycles. The third kappa shape index (κ3) is 25.3. The van der Waals surface area contributed by atoms with Crippen LogP contribution in [0.3, 0.4) is 0 Å². The van der Waals surface area contributed by atoms with Gasteiger partial charge in [-0.1, -0.05) is 53.9 Å². The predicted octanol–water partition coefficient (Wildman–Crippen LogP) is -0.337. The zero-order valence-corrected chi connectivity index (χ0v) is 47.0. The number of amides is 7. The van der Waals surface area contributed by atoms with E-state index in [9.17, 15) is 64.2 Å². The van der Waals surface area contributed by atoms with Crippen LogP contribution in [0.25, 0.3) is 0 Å². The minimum atomic E-state index is -1.45. The molecule has 2 fully saturated rings. The van der Waals surface area contributed by atoms with Crippen LogP contribution in [0, 0.1) is 23.7 Å². The second kappa shape index (κ2) is 36.9. The molecule has 0 bridgehead atoms. The van der Waals surface area contributed by atoms with Gasteiger partial charge in [-0.05, 0) is 75.5 Å². The Morgan fingerprint density at radius 1 is 0.545 bits per heavy atom. The third-order valence-electron chi connectivity index (χ3n) is 14.5. The van der Waals surface area contributed by atoms with Crippen LogP contribution in [0.5, 0.6) is 0 Å². The van der Waals surface area contributed by atoms with Crippen LogP contribution in [-0.2, 0) is 52.5 Å². The fourth-order valence-corrected chi connectivity index (χ4v) is 9.69. The van der Waals surface area contributed by atoms with E-state index in [1.807, 2.05) is 34.6 Å². The summed E-state index contributed by atoms with van der Waals surface area (Å²) in [6.07, 6.45) is -5.65. The molecule has 0 aliphatic carbocycles. The Labute approximate surface area is 455 Å². The number of carbonyl (C=O) groups is 7. The summed E-state index contributed by atoms with van der Waals surface area (Å²) >= 11 is 0. The van der Waals surface area contributed by atoms with E-state index in [2.05, 4.69) is 37.2 Å². The van der Waals surface area contributed by atoms with Crippen molar-refractivity contribution in [2.75, 3.05) is 52.6 Å². The number of hydrogen-bond acceptors (Lipinski definition) is 17. The molecule has 77 heavy (non-hydrogen) atoms. The van der Waals surface area contributed by atoms with Crippen molar-refractivity contribution in [3.05, 3.63) is 0 Å². The molecule has 0 spiro atoms. The van der Waals surface area contributed by atoms with Gasteiger partial charge in [0.2, 0.25) is 41.4 Å². The summed E-state index contributed by atoms with van der Waals surface area (Å²) in [5.41, 5.74) is -1.17. The molecule has 7 amide bonds. The maximum atomic E-state index is 13.8. The van der Waals surface area contributed by atoms with Gasteiger partial charge in [-0.3, -0.25) is 33.6 Å². The standard InChI is InChI=1S/C53H97N7O17/c1-9-23-55-40(65)15-14-16-44(69)60-53(20-17-41(66)54-13-5,21-18-42(67)56-26-35(10-2)24-32(6)30-74-51-45(58-33(7)63)49(72)47(70)38(28-61)76-51)22-19-43(68)57-27-36(11-3)25-37(12-4)31-75-52-46(59-34(8)64)50(73)48(71)39(29-62)77-52/h32,35-39,45-52,61-62,70-73H,9-31H2,1-8H3,(H,54,66)(H,55,65)(H,56,67)(H,57,68)(H,58,63)(H,59,64)(H,60,69).